The fraction of sp³-hybridized carbons (Fsp3) is 0.684. The lowest BCUT2D eigenvalue weighted by molar-refractivity contribution is 0.0979. The fourth-order valence-corrected chi connectivity index (χ4v) is 4.10. The summed E-state index contributed by atoms with van der Waals surface area (Å²) in [4.78, 5) is 0. The van der Waals surface area contributed by atoms with E-state index in [1.165, 1.54) is 49.1 Å². The van der Waals surface area contributed by atoms with E-state index in [-0.39, 0.29) is 11.5 Å². The van der Waals surface area contributed by atoms with Crippen LogP contribution in [-0.4, -0.2) is 9.67 Å². The first kappa shape index (κ1) is 14.9. The number of hydrogen-bond donors (Lipinski definition) is 1. The molecule has 1 heterocycles. The quantitative estimate of drug-likeness (QED) is 0.801. The summed E-state index contributed by atoms with van der Waals surface area (Å²) in [6, 6.07) is 2.21. The van der Waals surface area contributed by atoms with Gasteiger partial charge in [-0.15, -0.1) is 0 Å². The van der Waals surface area contributed by atoms with Crippen LogP contribution in [0.4, 0.5) is 0 Å². The molecule has 1 unspecified atom stereocenters. The van der Waals surface area contributed by atoms with Crippen LogP contribution < -0.4 is 0 Å². The van der Waals surface area contributed by atoms with Crippen molar-refractivity contribution in [3.05, 3.63) is 34.7 Å². The van der Waals surface area contributed by atoms with Gasteiger partial charge >= 0.3 is 0 Å². The van der Waals surface area contributed by atoms with Crippen LogP contribution in [0.3, 0.4) is 0 Å². The molecule has 0 bridgehead atoms. The molecule has 0 spiro atoms. The Morgan fingerprint density at radius 3 is 2.86 bits per heavy atom. The molecule has 2 heteroatoms. The fourth-order valence-electron chi connectivity index (χ4n) is 4.10. The predicted octanol–water partition coefficient (Wildman–Crippen LogP) is 4.69. The molecule has 2 nitrogen and oxygen atoms in total. The molecular formula is C19H29NO. The number of aliphatic hydroxyl groups is 1. The van der Waals surface area contributed by atoms with Gasteiger partial charge in [0.15, 0.2) is 0 Å². The lowest BCUT2D eigenvalue weighted by atomic mass is 9.75. The number of fused-ring (bicyclic) bond motifs is 1. The topological polar surface area (TPSA) is 25.2 Å². The van der Waals surface area contributed by atoms with Crippen molar-refractivity contribution in [3.8, 4) is 0 Å². The largest absolute Gasteiger partial charge is 0.388 e. The normalized spacial score (nSPS) is 24.6. The van der Waals surface area contributed by atoms with Gasteiger partial charge in [-0.2, -0.15) is 0 Å². The summed E-state index contributed by atoms with van der Waals surface area (Å²) >= 11 is 0. The molecule has 1 aromatic heterocycles. The Bertz CT molecular complexity index is 550. The Labute approximate surface area is 128 Å². The van der Waals surface area contributed by atoms with Gasteiger partial charge in [0.05, 0.1) is 6.10 Å². The lowest BCUT2D eigenvalue weighted by Crippen LogP contribution is -2.27. The van der Waals surface area contributed by atoms with E-state index < -0.39 is 0 Å². The van der Waals surface area contributed by atoms with Gasteiger partial charge in [0.2, 0.25) is 0 Å². The number of aromatic nitrogens is 1. The first-order valence-electron chi connectivity index (χ1n) is 8.51. The van der Waals surface area contributed by atoms with Gasteiger partial charge in [-0.25, -0.2) is 0 Å². The van der Waals surface area contributed by atoms with E-state index in [2.05, 4.69) is 37.5 Å². The van der Waals surface area contributed by atoms with Crippen LogP contribution in [0.15, 0.2) is 17.7 Å². The molecule has 0 saturated heterocycles. The monoisotopic (exact) mass is 287 g/mol. The molecule has 0 saturated carbocycles. The third-order valence-electron chi connectivity index (χ3n) is 5.24. The Balaban J connectivity index is 1.81. The summed E-state index contributed by atoms with van der Waals surface area (Å²) in [5, 5.41) is 10.4. The summed E-state index contributed by atoms with van der Waals surface area (Å²) in [6.45, 7) is 7.81. The molecule has 116 valence electrons. The maximum atomic E-state index is 10.4. The second-order valence-electron chi connectivity index (χ2n) is 7.76. The zero-order chi connectivity index (χ0) is 15.0. The highest BCUT2D eigenvalue weighted by Crippen LogP contribution is 2.42. The van der Waals surface area contributed by atoms with E-state index in [9.17, 15) is 5.11 Å². The smallest absolute Gasteiger partial charge is 0.0812 e. The number of aryl methyl sites for hydroxylation is 1. The molecule has 3 rings (SSSR count). The number of hydrogen-bond acceptors (Lipinski definition) is 1. The van der Waals surface area contributed by atoms with E-state index in [0.29, 0.717) is 0 Å². The minimum Gasteiger partial charge on any atom is -0.388 e. The Morgan fingerprint density at radius 2 is 2.14 bits per heavy atom. The molecule has 1 N–H and O–H groups in total. The molecular weight excluding hydrogens is 258 g/mol. The SMILES string of the molecule is Cc1cc2c(n1CCC1=CCCCC1)CC(C)(C)CC2O. The lowest BCUT2D eigenvalue weighted by Gasteiger charge is -2.34. The van der Waals surface area contributed by atoms with Crippen LogP contribution in [0, 0.1) is 12.3 Å². The maximum absolute atomic E-state index is 10.4. The summed E-state index contributed by atoms with van der Waals surface area (Å²) in [6.07, 6.45) is 10.6. The molecule has 0 radical (unpaired) electrons. The van der Waals surface area contributed by atoms with Gasteiger partial charge in [0.25, 0.3) is 0 Å². The molecule has 21 heavy (non-hydrogen) atoms. The van der Waals surface area contributed by atoms with Gasteiger partial charge in [-0.3, -0.25) is 0 Å². The number of aliphatic hydroxyl groups excluding tert-OH is 1. The Kier molecular flexibility index (Phi) is 4.00. The minimum absolute atomic E-state index is 0.207. The molecule has 0 aliphatic heterocycles. The Morgan fingerprint density at radius 1 is 1.33 bits per heavy atom. The van der Waals surface area contributed by atoms with E-state index in [4.69, 9.17) is 0 Å². The van der Waals surface area contributed by atoms with E-state index in [1.807, 2.05) is 0 Å². The first-order valence-corrected chi connectivity index (χ1v) is 8.51. The van der Waals surface area contributed by atoms with Gasteiger partial charge in [-0.05, 0) is 63.4 Å². The second-order valence-corrected chi connectivity index (χ2v) is 7.76. The molecule has 0 amide bonds. The molecule has 1 atom stereocenters. The predicted molar refractivity (Wildman–Crippen MR) is 87.4 cm³/mol. The number of rotatable bonds is 3. The summed E-state index contributed by atoms with van der Waals surface area (Å²) in [5.74, 6) is 0. The highest BCUT2D eigenvalue weighted by Gasteiger charge is 2.33. The van der Waals surface area contributed by atoms with Crippen molar-refractivity contribution in [3.63, 3.8) is 0 Å². The van der Waals surface area contributed by atoms with Crippen LogP contribution in [0.1, 0.15) is 75.4 Å². The second kappa shape index (κ2) is 5.64. The standard InChI is InChI=1S/C19H29NO/c1-14-11-16-17(12-19(2,3)13-18(16)21)20(14)10-9-15-7-5-4-6-8-15/h7,11,18,21H,4-6,8-10,12-13H2,1-3H3. The molecule has 1 aromatic rings. The summed E-state index contributed by atoms with van der Waals surface area (Å²) < 4.78 is 2.47. The number of nitrogens with zero attached hydrogens (tertiary/aromatic N) is 1. The maximum Gasteiger partial charge on any atom is 0.0812 e. The highest BCUT2D eigenvalue weighted by atomic mass is 16.3. The van der Waals surface area contributed by atoms with Crippen LogP contribution in [0.2, 0.25) is 0 Å². The van der Waals surface area contributed by atoms with Crippen LogP contribution in [0.5, 0.6) is 0 Å². The van der Waals surface area contributed by atoms with E-state index in [0.717, 1.165) is 19.4 Å². The summed E-state index contributed by atoms with van der Waals surface area (Å²) in [5.41, 5.74) is 5.72. The van der Waals surface area contributed by atoms with Crippen molar-refractivity contribution in [2.45, 2.75) is 78.4 Å². The van der Waals surface area contributed by atoms with Gasteiger partial charge in [0.1, 0.15) is 0 Å². The van der Waals surface area contributed by atoms with E-state index >= 15 is 0 Å². The van der Waals surface area contributed by atoms with Crippen LogP contribution in [0.25, 0.3) is 0 Å². The Hall–Kier alpha value is -1.02. The van der Waals surface area contributed by atoms with Gasteiger partial charge in [0, 0.05) is 23.5 Å². The van der Waals surface area contributed by atoms with Crippen molar-refractivity contribution < 1.29 is 5.11 Å². The van der Waals surface area contributed by atoms with Crippen LogP contribution >= 0.6 is 0 Å². The average Bonchev–Trinajstić information content (AvgIpc) is 2.73. The summed E-state index contributed by atoms with van der Waals surface area (Å²) in [7, 11) is 0. The van der Waals surface area contributed by atoms with Gasteiger partial charge < -0.3 is 9.67 Å². The van der Waals surface area contributed by atoms with E-state index in [1.54, 1.807) is 5.57 Å². The molecule has 0 aromatic carbocycles. The average molecular weight is 287 g/mol. The molecule has 0 fully saturated rings. The highest BCUT2D eigenvalue weighted by molar-refractivity contribution is 5.33. The third-order valence-corrected chi connectivity index (χ3v) is 5.24. The van der Waals surface area contributed by atoms with Crippen molar-refractivity contribution in [2.24, 2.45) is 5.41 Å². The van der Waals surface area contributed by atoms with Crippen molar-refractivity contribution >= 4 is 0 Å². The van der Waals surface area contributed by atoms with Crippen LogP contribution in [-0.2, 0) is 13.0 Å². The first-order chi connectivity index (χ1) is 9.96. The van der Waals surface area contributed by atoms with Crippen molar-refractivity contribution in [2.75, 3.05) is 0 Å². The van der Waals surface area contributed by atoms with Crippen molar-refractivity contribution in [1.29, 1.82) is 0 Å². The zero-order valence-corrected chi connectivity index (χ0v) is 13.8. The number of allylic oxidation sites excluding steroid dienone is 2. The molecule has 2 aliphatic rings. The van der Waals surface area contributed by atoms with Crippen molar-refractivity contribution in [1.82, 2.24) is 4.57 Å². The molecule has 2 aliphatic carbocycles. The third kappa shape index (κ3) is 3.11. The minimum atomic E-state index is -0.280. The zero-order valence-electron chi connectivity index (χ0n) is 13.8. The van der Waals surface area contributed by atoms with Gasteiger partial charge in [-0.1, -0.05) is 25.5 Å².